The van der Waals surface area contributed by atoms with E-state index in [0.717, 1.165) is 24.2 Å². The predicted molar refractivity (Wildman–Crippen MR) is 101 cm³/mol. The van der Waals surface area contributed by atoms with E-state index in [1.807, 2.05) is 55.3 Å². The van der Waals surface area contributed by atoms with Crippen LogP contribution in [0.3, 0.4) is 0 Å². The number of carboxylic acid groups (broad SMARTS) is 1. The van der Waals surface area contributed by atoms with Crippen LogP contribution in [-0.2, 0) is 6.54 Å². The van der Waals surface area contributed by atoms with E-state index in [-0.39, 0.29) is 5.56 Å². The van der Waals surface area contributed by atoms with Crippen LogP contribution in [0, 0.1) is 0 Å². The quantitative estimate of drug-likeness (QED) is 0.681. The van der Waals surface area contributed by atoms with Crippen LogP contribution < -0.4 is 5.32 Å². The predicted octanol–water partition coefficient (Wildman–Crippen LogP) is 2.95. The number of rotatable bonds is 7. The number of pyridine rings is 1. The zero-order valence-electron chi connectivity index (χ0n) is 14.8. The van der Waals surface area contributed by atoms with E-state index >= 15 is 0 Å². The summed E-state index contributed by atoms with van der Waals surface area (Å²) in [5.41, 5.74) is 2.48. The Morgan fingerprint density at radius 1 is 1.23 bits per heavy atom. The van der Waals surface area contributed by atoms with Crippen molar-refractivity contribution in [2.45, 2.75) is 6.54 Å². The maximum absolute atomic E-state index is 11.5. The molecule has 7 nitrogen and oxygen atoms in total. The summed E-state index contributed by atoms with van der Waals surface area (Å²) in [6.45, 7) is 1.58. The summed E-state index contributed by atoms with van der Waals surface area (Å²) in [6.07, 6.45) is 4.93. The van der Waals surface area contributed by atoms with Crippen LogP contribution in [0.1, 0.15) is 10.4 Å². The summed E-state index contributed by atoms with van der Waals surface area (Å²) in [5.74, 6) is -0.409. The van der Waals surface area contributed by atoms with Gasteiger partial charge in [-0.3, -0.25) is 9.67 Å². The molecular formula is C19H21N5O2. The van der Waals surface area contributed by atoms with Gasteiger partial charge in [-0.15, -0.1) is 0 Å². The fourth-order valence-electron chi connectivity index (χ4n) is 2.57. The molecule has 0 radical (unpaired) electrons. The SMILES string of the molecule is CN(C)CCn1cc(-c2ccccc2)c(Nc2cnccc2C(=O)O)n1. The monoisotopic (exact) mass is 351 g/mol. The van der Waals surface area contributed by atoms with Crippen molar-refractivity contribution in [1.29, 1.82) is 0 Å². The van der Waals surface area contributed by atoms with Crippen molar-refractivity contribution in [3.05, 3.63) is 60.6 Å². The molecule has 0 spiro atoms. The number of hydrogen-bond acceptors (Lipinski definition) is 5. The Bertz CT molecular complexity index is 890. The van der Waals surface area contributed by atoms with Crippen molar-refractivity contribution in [2.75, 3.05) is 26.0 Å². The minimum Gasteiger partial charge on any atom is -0.478 e. The number of likely N-dealkylation sites (N-methyl/N-ethyl adjacent to an activating group) is 1. The largest absolute Gasteiger partial charge is 0.478 e. The Balaban J connectivity index is 1.98. The fourth-order valence-corrected chi connectivity index (χ4v) is 2.57. The minimum absolute atomic E-state index is 0.154. The van der Waals surface area contributed by atoms with E-state index in [0.29, 0.717) is 11.5 Å². The lowest BCUT2D eigenvalue weighted by Crippen LogP contribution is -2.18. The van der Waals surface area contributed by atoms with Gasteiger partial charge >= 0.3 is 5.97 Å². The second-order valence-electron chi connectivity index (χ2n) is 6.18. The molecule has 2 aromatic heterocycles. The van der Waals surface area contributed by atoms with Crippen LogP contribution in [0.25, 0.3) is 11.1 Å². The third kappa shape index (κ3) is 4.07. The molecule has 7 heteroatoms. The van der Waals surface area contributed by atoms with Gasteiger partial charge in [0.1, 0.15) is 0 Å². The molecule has 0 atom stereocenters. The Labute approximate surface area is 151 Å². The topological polar surface area (TPSA) is 83.3 Å². The summed E-state index contributed by atoms with van der Waals surface area (Å²) in [5, 5.41) is 17.1. The molecule has 2 N–H and O–H groups in total. The van der Waals surface area contributed by atoms with Crippen molar-refractivity contribution in [2.24, 2.45) is 0 Å². The molecule has 0 aliphatic carbocycles. The van der Waals surface area contributed by atoms with Gasteiger partial charge in [-0.25, -0.2) is 4.79 Å². The van der Waals surface area contributed by atoms with Crippen LogP contribution in [0.5, 0.6) is 0 Å². The van der Waals surface area contributed by atoms with Gasteiger partial charge in [-0.1, -0.05) is 30.3 Å². The number of carbonyl (C=O) groups is 1. The number of nitrogens with one attached hydrogen (secondary N) is 1. The minimum atomic E-state index is -1.01. The normalized spacial score (nSPS) is 10.9. The van der Waals surface area contributed by atoms with Crippen LogP contribution in [0.2, 0.25) is 0 Å². The lowest BCUT2D eigenvalue weighted by atomic mass is 10.1. The fraction of sp³-hybridized carbons (Fsp3) is 0.211. The molecular weight excluding hydrogens is 330 g/mol. The van der Waals surface area contributed by atoms with Crippen LogP contribution >= 0.6 is 0 Å². The molecule has 1 aromatic carbocycles. The van der Waals surface area contributed by atoms with Gasteiger partial charge in [0.25, 0.3) is 0 Å². The van der Waals surface area contributed by atoms with Gasteiger partial charge in [-0.2, -0.15) is 5.10 Å². The first-order valence-corrected chi connectivity index (χ1v) is 8.26. The maximum Gasteiger partial charge on any atom is 0.337 e. The summed E-state index contributed by atoms with van der Waals surface area (Å²) in [7, 11) is 4.02. The van der Waals surface area contributed by atoms with E-state index in [4.69, 9.17) is 0 Å². The standard InChI is InChI=1S/C19H21N5O2/c1-23(2)10-11-24-13-16(14-6-4-3-5-7-14)18(22-24)21-17-12-20-9-8-15(17)19(25)26/h3-9,12-13H,10-11H2,1-2H3,(H,21,22)(H,25,26). The summed E-state index contributed by atoms with van der Waals surface area (Å²) >= 11 is 0. The van der Waals surface area contributed by atoms with Crippen LogP contribution in [0.15, 0.2) is 55.0 Å². The summed E-state index contributed by atoms with van der Waals surface area (Å²) in [4.78, 5) is 17.6. The number of aromatic carboxylic acids is 1. The lowest BCUT2D eigenvalue weighted by Gasteiger charge is -2.09. The van der Waals surface area contributed by atoms with E-state index < -0.39 is 5.97 Å². The number of carboxylic acids is 1. The highest BCUT2D eigenvalue weighted by Gasteiger charge is 2.15. The Morgan fingerprint density at radius 3 is 2.69 bits per heavy atom. The molecule has 0 amide bonds. The molecule has 0 fully saturated rings. The first-order chi connectivity index (χ1) is 12.5. The van der Waals surface area contributed by atoms with Crippen LogP contribution in [-0.4, -0.2) is 51.4 Å². The molecule has 0 saturated carbocycles. The molecule has 0 unspecified atom stereocenters. The molecule has 3 rings (SSSR count). The molecule has 2 heterocycles. The number of nitrogens with zero attached hydrogens (tertiary/aromatic N) is 4. The van der Waals surface area contributed by atoms with Crippen molar-refractivity contribution in [3.63, 3.8) is 0 Å². The Kier molecular flexibility index (Phi) is 5.28. The number of benzene rings is 1. The zero-order chi connectivity index (χ0) is 18.5. The average Bonchev–Trinajstić information content (AvgIpc) is 3.04. The van der Waals surface area contributed by atoms with Crippen molar-refractivity contribution in [1.82, 2.24) is 19.7 Å². The van der Waals surface area contributed by atoms with Crippen molar-refractivity contribution in [3.8, 4) is 11.1 Å². The highest BCUT2D eigenvalue weighted by atomic mass is 16.4. The smallest absolute Gasteiger partial charge is 0.337 e. The third-order valence-corrected chi connectivity index (χ3v) is 3.93. The van der Waals surface area contributed by atoms with E-state index in [9.17, 15) is 9.90 Å². The zero-order valence-corrected chi connectivity index (χ0v) is 14.8. The summed E-state index contributed by atoms with van der Waals surface area (Å²) < 4.78 is 1.86. The molecule has 134 valence electrons. The molecule has 26 heavy (non-hydrogen) atoms. The second kappa shape index (κ2) is 7.79. The number of aromatic nitrogens is 3. The van der Waals surface area contributed by atoms with Gasteiger partial charge in [0.15, 0.2) is 5.82 Å². The van der Waals surface area contributed by atoms with Crippen LogP contribution in [0.4, 0.5) is 11.5 Å². The lowest BCUT2D eigenvalue weighted by molar-refractivity contribution is 0.0698. The third-order valence-electron chi connectivity index (χ3n) is 3.93. The van der Waals surface area contributed by atoms with Gasteiger partial charge in [0, 0.05) is 24.5 Å². The van der Waals surface area contributed by atoms with Crippen molar-refractivity contribution < 1.29 is 9.90 Å². The number of anilines is 2. The number of hydrogen-bond donors (Lipinski definition) is 2. The first kappa shape index (κ1) is 17.6. The molecule has 0 aliphatic heterocycles. The van der Waals surface area contributed by atoms with E-state index in [1.54, 1.807) is 0 Å². The van der Waals surface area contributed by atoms with Crippen molar-refractivity contribution >= 4 is 17.5 Å². The molecule has 0 aliphatic rings. The summed E-state index contributed by atoms with van der Waals surface area (Å²) in [6, 6.07) is 11.3. The van der Waals surface area contributed by atoms with E-state index in [2.05, 4.69) is 20.3 Å². The second-order valence-corrected chi connectivity index (χ2v) is 6.18. The molecule has 0 bridgehead atoms. The highest BCUT2D eigenvalue weighted by molar-refractivity contribution is 5.95. The molecule has 0 saturated heterocycles. The van der Waals surface area contributed by atoms with Gasteiger partial charge in [-0.05, 0) is 25.7 Å². The maximum atomic E-state index is 11.5. The van der Waals surface area contributed by atoms with E-state index in [1.165, 1.54) is 18.5 Å². The Hall–Kier alpha value is -3.19. The Morgan fingerprint density at radius 2 is 2.00 bits per heavy atom. The average molecular weight is 351 g/mol. The highest BCUT2D eigenvalue weighted by Crippen LogP contribution is 2.30. The van der Waals surface area contributed by atoms with Gasteiger partial charge in [0.2, 0.25) is 0 Å². The van der Waals surface area contributed by atoms with Gasteiger partial charge < -0.3 is 15.3 Å². The van der Waals surface area contributed by atoms with Gasteiger partial charge in [0.05, 0.1) is 24.0 Å². The molecule has 3 aromatic rings. The first-order valence-electron chi connectivity index (χ1n) is 8.26.